The molecule has 27 heavy (non-hydrogen) atoms. The summed E-state index contributed by atoms with van der Waals surface area (Å²) in [5, 5.41) is 9.23. The van der Waals surface area contributed by atoms with E-state index in [0.717, 1.165) is 64.2 Å². The molecule has 2 aliphatic rings. The van der Waals surface area contributed by atoms with E-state index in [9.17, 15) is 19.5 Å². The minimum absolute atomic E-state index is 0.0266. The van der Waals surface area contributed by atoms with Crippen molar-refractivity contribution >= 4 is 17.9 Å². The van der Waals surface area contributed by atoms with Crippen molar-refractivity contribution in [3.8, 4) is 0 Å². The number of benzene rings is 1. The number of ether oxygens (including phenoxy) is 2. The van der Waals surface area contributed by atoms with Gasteiger partial charge in [-0.05, 0) is 69.6 Å². The summed E-state index contributed by atoms with van der Waals surface area (Å²) < 4.78 is 11.1. The molecular weight excluding hydrogens is 348 g/mol. The molecule has 1 aromatic rings. The van der Waals surface area contributed by atoms with Gasteiger partial charge in [-0.2, -0.15) is 0 Å². The van der Waals surface area contributed by atoms with Crippen molar-refractivity contribution in [2.24, 2.45) is 0 Å². The third-order valence-electron chi connectivity index (χ3n) is 5.36. The summed E-state index contributed by atoms with van der Waals surface area (Å²) >= 11 is 0. The standard InChI is InChI=1S/C21H26O6/c22-19(23)14-11-12-17(20(24)26-15-7-3-1-4-8-15)18(13-14)21(25)27-16-9-5-2-6-10-16/h11-13,15-16H,1-10H2,(H,22,23). The predicted octanol–water partition coefficient (Wildman–Crippen LogP) is 4.36. The molecule has 0 unspecified atom stereocenters. The van der Waals surface area contributed by atoms with Gasteiger partial charge < -0.3 is 14.6 Å². The molecule has 0 radical (unpaired) electrons. The van der Waals surface area contributed by atoms with Gasteiger partial charge in [0.05, 0.1) is 16.7 Å². The van der Waals surface area contributed by atoms with E-state index in [1.807, 2.05) is 0 Å². The number of carboxylic acid groups (broad SMARTS) is 1. The molecule has 2 aliphatic carbocycles. The van der Waals surface area contributed by atoms with Crippen molar-refractivity contribution in [1.82, 2.24) is 0 Å². The van der Waals surface area contributed by atoms with Crippen LogP contribution in [0.1, 0.15) is 95.3 Å². The molecule has 1 aromatic carbocycles. The first-order valence-corrected chi connectivity index (χ1v) is 9.84. The summed E-state index contributed by atoms with van der Waals surface area (Å²) in [6.07, 6.45) is 9.23. The maximum atomic E-state index is 12.7. The zero-order chi connectivity index (χ0) is 19.2. The van der Waals surface area contributed by atoms with Crippen LogP contribution in [0.4, 0.5) is 0 Å². The summed E-state index contributed by atoms with van der Waals surface area (Å²) in [5.74, 6) is -2.40. The molecule has 0 bridgehead atoms. The predicted molar refractivity (Wildman–Crippen MR) is 98.0 cm³/mol. The molecule has 146 valence electrons. The fourth-order valence-corrected chi connectivity index (χ4v) is 3.82. The van der Waals surface area contributed by atoms with E-state index in [1.165, 1.54) is 18.2 Å². The number of carbonyl (C=O) groups is 3. The van der Waals surface area contributed by atoms with Gasteiger partial charge in [0, 0.05) is 0 Å². The van der Waals surface area contributed by atoms with Gasteiger partial charge in [0.15, 0.2) is 0 Å². The molecule has 6 heteroatoms. The van der Waals surface area contributed by atoms with E-state index in [1.54, 1.807) is 0 Å². The third-order valence-corrected chi connectivity index (χ3v) is 5.36. The van der Waals surface area contributed by atoms with Crippen molar-refractivity contribution in [2.45, 2.75) is 76.4 Å². The maximum absolute atomic E-state index is 12.7. The van der Waals surface area contributed by atoms with E-state index in [2.05, 4.69) is 0 Å². The lowest BCUT2D eigenvalue weighted by Crippen LogP contribution is -2.25. The Morgan fingerprint density at radius 2 is 1.22 bits per heavy atom. The number of rotatable bonds is 5. The average molecular weight is 374 g/mol. The molecular formula is C21H26O6. The topological polar surface area (TPSA) is 89.9 Å². The van der Waals surface area contributed by atoms with Crippen LogP contribution in [0.2, 0.25) is 0 Å². The Hall–Kier alpha value is -2.37. The van der Waals surface area contributed by atoms with Crippen LogP contribution < -0.4 is 0 Å². The average Bonchev–Trinajstić information content (AvgIpc) is 2.69. The molecule has 1 N–H and O–H groups in total. The second-order valence-electron chi connectivity index (χ2n) is 7.40. The van der Waals surface area contributed by atoms with Crippen LogP contribution in [0.5, 0.6) is 0 Å². The Bertz CT molecular complexity index is 699. The summed E-state index contributed by atoms with van der Waals surface area (Å²) in [7, 11) is 0. The lowest BCUT2D eigenvalue weighted by Gasteiger charge is -2.23. The number of aromatic carboxylic acids is 1. The van der Waals surface area contributed by atoms with Crippen LogP contribution in [0.25, 0.3) is 0 Å². The van der Waals surface area contributed by atoms with Gasteiger partial charge in [-0.3, -0.25) is 0 Å². The number of carbonyl (C=O) groups excluding carboxylic acids is 2. The second-order valence-corrected chi connectivity index (χ2v) is 7.40. The van der Waals surface area contributed by atoms with Crippen LogP contribution in [-0.2, 0) is 9.47 Å². The van der Waals surface area contributed by atoms with Gasteiger partial charge in [0.2, 0.25) is 0 Å². The normalized spacial score (nSPS) is 18.7. The summed E-state index contributed by atoms with van der Waals surface area (Å²) in [6, 6.07) is 3.88. The molecule has 2 saturated carbocycles. The van der Waals surface area contributed by atoms with E-state index >= 15 is 0 Å². The van der Waals surface area contributed by atoms with E-state index in [-0.39, 0.29) is 28.9 Å². The summed E-state index contributed by atoms with van der Waals surface area (Å²) in [5.41, 5.74) is -0.00697. The molecule has 0 spiro atoms. The number of hydrogen-bond donors (Lipinski definition) is 1. The Morgan fingerprint density at radius 3 is 1.70 bits per heavy atom. The first-order valence-electron chi connectivity index (χ1n) is 9.84. The minimum atomic E-state index is -1.16. The Kier molecular flexibility index (Phi) is 6.48. The quantitative estimate of drug-likeness (QED) is 0.770. The zero-order valence-electron chi connectivity index (χ0n) is 15.4. The zero-order valence-corrected chi connectivity index (χ0v) is 15.4. The van der Waals surface area contributed by atoms with Gasteiger partial charge in [-0.15, -0.1) is 0 Å². The first kappa shape index (κ1) is 19.4. The molecule has 0 amide bonds. The number of esters is 2. The third kappa shape index (κ3) is 5.08. The second kappa shape index (κ2) is 9.02. The molecule has 3 rings (SSSR count). The molecule has 0 aliphatic heterocycles. The molecule has 0 saturated heterocycles. The Labute approximate surface area is 158 Å². The van der Waals surface area contributed by atoms with E-state index < -0.39 is 17.9 Å². The lowest BCUT2D eigenvalue weighted by atomic mass is 9.97. The Balaban J connectivity index is 1.79. The molecule has 0 atom stereocenters. The van der Waals surface area contributed by atoms with Crippen molar-refractivity contribution in [2.75, 3.05) is 0 Å². The largest absolute Gasteiger partial charge is 0.478 e. The summed E-state index contributed by atoms with van der Waals surface area (Å²) in [4.78, 5) is 36.6. The van der Waals surface area contributed by atoms with Crippen molar-refractivity contribution < 1.29 is 29.0 Å². The monoisotopic (exact) mass is 374 g/mol. The van der Waals surface area contributed by atoms with Crippen LogP contribution >= 0.6 is 0 Å². The van der Waals surface area contributed by atoms with Gasteiger partial charge in [-0.1, -0.05) is 12.8 Å². The first-order chi connectivity index (χ1) is 13.0. The highest BCUT2D eigenvalue weighted by molar-refractivity contribution is 6.05. The highest BCUT2D eigenvalue weighted by Gasteiger charge is 2.27. The van der Waals surface area contributed by atoms with Gasteiger partial charge in [-0.25, -0.2) is 14.4 Å². The fraction of sp³-hybridized carbons (Fsp3) is 0.571. The van der Waals surface area contributed by atoms with Crippen molar-refractivity contribution in [3.63, 3.8) is 0 Å². The smallest absolute Gasteiger partial charge is 0.339 e. The SMILES string of the molecule is O=C(O)c1ccc(C(=O)OC2CCCCC2)c(C(=O)OC2CCCCC2)c1. The highest BCUT2D eigenvalue weighted by Crippen LogP contribution is 2.25. The highest BCUT2D eigenvalue weighted by atomic mass is 16.5. The Morgan fingerprint density at radius 1 is 0.741 bits per heavy atom. The van der Waals surface area contributed by atoms with Crippen LogP contribution in [-0.4, -0.2) is 35.2 Å². The van der Waals surface area contributed by atoms with Crippen molar-refractivity contribution in [1.29, 1.82) is 0 Å². The van der Waals surface area contributed by atoms with Crippen molar-refractivity contribution in [3.05, 3.63) is 34.9 Å². The molecule has 2 fully saturated rings. The number of carboxylic acids is 1. The van der Waals surface area contributed by atoms with Crippen LogP contribution in [0.15, 0.2) is 18.2 Å². The van der Waals surface area contributed by atoms with Crippen LogP contribution in [0.3, 0.4) is 0 Å². The lowest BCUT2D eigenvalue weighted by molar-refractivity contribution is 0.0163. The van der Waals surface area contributed by atoms with Gasteiger partial charge in [0.1, 0.15) is 12.2 Å². The van der Waals surface area contributed by atoms with E-state index in [0.29, 0.717) is 0 Å². The van der Waals surface area contributed by atoms with Gasteiger partial charge >= 0.3 is 17.9 Å². The van der Waals surface area contributed by atoms with Gasteiger partial charge in [0.25, 0.3) is 0 Å². The molecule has 0 aromatic heterocycles. The summed E-state index contributed by atoms with van der Waals surface area (Å²) in [6.45, 7) is 0. The number of hydrogen-bond acceptors (Lipinski definition) is 5. The molecule has 6 nitrogen and oxygen atoms in total. The fourth-order valence-electron chi connectivity index (χ4n) is 3.82. The van der Waals surface area contributed by atoms with Crippen LogP contribution in [0, 0.1) is 0 Å². The van der Waals surface area contributed by atoms with E-state index in [4.69, 9.17) is 9.47 Å². The minimum Gasteiger partial charge on any atom is -0.478 e. The maximum Gasteiger partial charge on any atom is 0.339 e. The molecule has 0 heterocycles.